The Morgan fingerprint density at radius 1 is 1.11 bits per heavy atom. The monoisotopic (exact) mass is 514 g/mol. The molecule has 0 aromatic heterocycles. The van der Waals surface area contributed by atoms with Crippen LogP contribution in [0.2, 0.25) is 5.02 Å². The molecule has 0 bridgehead atoms. The number of piperazine rings is 1. The van der Waals surface area contributed by atoms with Gasteiger partial charge in [-0.1, -0.05) is 35.9 Å². The smallest absolute Gasteiger partial charge is 0.338 e. The van der Waals surface area contributed by atoms with E-state index in [0.717, 1.165) is 29.8 Å². The van der Waals surface area contributed by atoms with Gasteiger partial charge in [0, 0.05) is 40.0 Å². The van der Waals surface area contributed by atoms with E-state index in [1.165, 1.54) is 0 Å². The number of nitrogens with zero attached hydrogens (tertiary/aromatic N) is 2. The topological polar surface area (TPSA) is 68.3 Å². The number of rotatable bonds is 9. The zero-order chi connectivity index (χ0) is 25.7. The third kappa shape index (κ3) is 6.31. The number of para-hydroxylation sites is 1. The van der Waals surface area contributed by atoms with Crippen molar-refractivity contribution in [2.75, 3.05) is 37.7 Å². The number of hydrogen-bond acceptors (Lipinski definition) is 6. The summed E-state index contributed by atoms with van der Waals surface area (Å²) in [5.74, 6) is -1.30. The van der Waals surface area contributed by atoms with Crippen molar-refractivity contribution >= 4 is 29.2 Å². The fourth-order valence-corrected chi connectivity index (χ4v) is 5.14. The molecule has 8 heteroatoms. The van der Waals surface area contributed by atoms with Crippen LogP contribution in [0.1, 0.15) is 39.2 Å². The van der Waals surface area contributed by atoms with Crippen LogP contribution in [0, 0.1) is 5.92 Å². The highest BCUT2D eigenvalue weighted by molar-refractivity contribution is 6.33. The van der Waals surface area contributed by atoms with Gasteiger partial charge in [0.15, 0.2) is 6.10 Å². The SMILES string of the molecule is CCOc1ccc(CCC[C@@H](C(=O)N2CCN(c3ccccc3Cl)CC2)[C@@H]2OC(C)(C)OC2=O)cc1. The van der Waals surface area contributed by atoms with Crippen molar-refractivity contribution in [3.05, 3.63) is 59.1 Å². The molecule has 2 atom stereocenters. The molecule has 1 amide bonds. The molecule has 2 aliphatic heterocycles. The van der Waals surface area contributed by atoms with Gasteiger partial charge < -0.3 is 24.0 Å². The summed E-state index contributed by atoms with van der Waals surface area (Å²) in [7, 11) is 0. The molecule has 0 radical (unpaired) electrons. The van der Waals surface area contributed by atoms with Crippen molar-refractivity contribution in [1.29, 1.82) is 0 Å². The lowest BCUT2D eigenvalue weighted by atomic mass is 9.92. The second-order valence-corrected chi connectivity index (χ2v) is 10.1. The maximum Gasteiger partial charge on any atom is 0.338 e. The molecule has 0 saturated carbocycles. The molecule has 36 heavy (non-hydrogen) atoms. The Hall–Kier alpha value is -2.77. The quantitative estimate of drug-likeness (QED) is 0.452. The second kappa shape index (κ2) is 11.5. The lowest BCUT2D eigenvalue weighted by molar-refractivity contribution is -0.162. The summed E-state index contributed by atoms with van der Waals surface area (Å²) in [6, 6.07) is 15.7. The minimum Gasteiger partial charge on any atom is -0.494 e. The standard InChI is InChI=1S/C28H35ClN2O5/c1-4-34-21-14-12-20(13-15-21)8-7-9-22(25-27(33)36-28(2,3)35-25)26(32)31-18-16-30(17-19-31)24-11-6-5-10-23(24)29/h5-6,10-15,22,25H,4,7-9,16-19H2,1-3H3/t22-,25+/m1/s1. The van der Waals surface area contributed by atoms with Crippen LogP contribution in [0.3, 0.4) is 0 Å². The van der Waals surface area contributed by atoms with Crippen molar-refractivity contribution in [1.82, 2.24) is 4.90 Å². The van der Waals surface area contributed by atoms with E-state index in [2.05, 4.69) is 4.90 Å². The molecule has 194 valence electrons. The Kier molecular flexibility index (Phi) is 8.42. The van der Waals surface area contributed by atoms with Crippen LogP contribution in [0.5, 0.6) is 5.75 Å². The van der Waals surface area contributed by atoms with Gasteiger partial charge >= 0.3 is 5.97 Å². The molecular formula is C28H35ClN2O5. The molecule has 0 N–H and O–H groups in total. The van der Waals surface area contributed by atoms with Crippen LogP contribution in [0.15, 0.2) is 48.5 Å². The van der Waals surface area contributed by atoms with Crippen LogP contribution in [-0.2, 0) is 25.5 Å². The van der Waals surface area contributed by atoms with E-state index in [0.29, 0.717) is 44.2 Å². The molecule has 2 aliphatic rings. The minimum atomic E-state index is -1.03. The summed E-state index contributed by atoms with van der Waals surface area (Å²) in [5, 5.41) is 0.703. The third-order valence-corrected chi connectivity index (χ3v) is 6.99. The maximum absolute atomic E-state index is 13.7. The van der Waals surface area contributed by atoms with Crippen LogP contribution < -0.4 is 9.64 Å². The summed E-state index contributed by atoms with van der Waals surface area (Å²) in [5.41, 5.74) is 2.14. The number of esters is 1. The van der Waals surface area contributed by atoms with Crippen LogP contribution in [0.4, 0.5) is 5.69 Å². The van der Waals surface area contributed by atoms with E-state index in [1.807, 2.05) is 60.4 Å². The second-order valence-electron chi connectivity index (χ2n) is 9.70. The van der Waals surface area contributed by atoms with Crippen molar-refractivity contribution < 1.29 is 23.8 Å². The van der Waals surface area contributed by atoms with E-state index < -0.39 is 23.8 Å². The number of amides is 1. The number of halogens is 1. The van der Waals surface area contributed by atoms with Crippen molar-refractivity contribution in [3.63, 3.8) is 0 Å². The lowest BCUT2D eigenvalue weighted by Crippen LogP contribution is -2.52. The van der Waals surface area contributed by atoms with E-state index in [4.69, 9.17) is 25.8 Å². The van der Waals surface area contributed by atoms with E-state index in [1.54, 1.807) is 13.8 Å². The Bertz CT molecular complexity index is 1050. The van der Waals surface area contributed by atoms with Crippen LogP contribution in [0.25, 0.3) is 0 Å². The first kappa shape index (κ1) is 26.3. The number of benzene rings is 2. The van der Waals surface area contributed by atoms with Gasteiger partial charge in [-0.2, -0.15) is 0 Å². The van der Waals surface area contributed by atoms with E-state index in [-0.39, 0.29) is 5.91 Å². The first-order valence-corrected chi connectivity index (χ1v) is 13.1. The number of hydrogen-bond donors (Lipinski definition) is 0. The fraction of sp³-hybridized carbons (Fsp3) is 0.500. The van der Waals surface area contributed by atoms with Gasteiger partial charge in [0.25, 0.3) is 0 Å². The molecule has 0 unspecified atom stereocenters. The number of ether oxygens (including phenoxy) is 3. The minimum absolute atomic E-state index is 0.0554. The Morgan fingerprint density at radius 3 is 2.42 bits per heavy atom. The zero-order valence-corrected chi connectivity index (χ0v) is 22.0. The summed E-state index contributed by atoms with van der Waals surface area (Å²) in [6.07, 6.45) is 1.18. The number of carbonyl (C=O) groups is 2. The Labute approximate surface area is 218 Å². The number of carbonyl (C=O) groups excluding carboxylic acids is 2. The van der Waals surface area contributed by atoms with Crippen LogP contribution in [-0.4, -0.2) is 61.5 Å². The average molecular weight is 515 g/mol. The van der Waals surface area contributed by atoms with Gasteiger partial charge in [0.1, 0.15) is 5.75 Å². The molecule has 2 aromatic carbocycles. The van der Waals surface area contributed by atoms with Gasteiger partial charge in [-0.25, -0.2) is 4.79 Å². The lowest BCUT2D eigenvalue weighted by Gasteiger charge is -2.38. The molecule has 2 saturated heterocycles. The first-order chi connectivity index (χ1) is 17.3. The molecule has 2 aromatic rings. The summed E-state index contributed by atoms with van der Waals surface area (Å²) >= 11 is 6.37. The maximum atomic E-state index is 13.7. The Morgan fingerprint density at radius 2 is 1.81 bits per heavy atom. The number of cyclic esters (lactones) is 1. The highest BCUT2D eigenvalue weighted by atomic mass is 35.5. The van der Waals surface area contributed by atoms with Crippen LogP contribution >= 0.6 is 11.6 Å². The average Bonchev–Trinajstić information content (AvgIpc) is 3.14. The molecule has 4 rings (SSSR count). The van der Waals surface area contributed by atoms with E-state index in [9.17, 15) is 9.59 Å². The van der Waals surface area contributed by atoms with Gasteiger partial charge in [-0.3, -0.25) is 4.79 Å². The zero-order valence-electron chi connectivity index (χ0n) is 21.2. The van der Waals surface area contributed by atoms with Gasteiger partial charge in [-0.15, -0.1) is 0 Å². The first-order valence-electron chi connectivity index (χ1n) is 12.7. The van der Waals surface area contributed by atoms with Crippen molar-refractivity contribution in [2.24, 2.45) is 5.92 Å². The predicted octanol–water partition coefficient (Wildman–Crippen LogP) is 4.70. The van der Waals surface area contributed by atoms with Gasteiger partial charge in [0.2, 0.25) is 11.7 Å². The van der Waals surface area contributed by atoms with Gasteiger partial charge in [-0.05, 0) is 56.0 Å². The Balaban J connectivity index is 1.41. The molecular weight excluding hydrogens is 480 g/mol. The van der Waals surface area contributed by atoms with Crippen molar-refractivity contribution in [3.8, 4) is 5.75 Å². The number of aryl methyl sites for hydroxylation is 1. The fourth-order valence-electron chi connectivity index (χ4n) is 4.88. The van der Waals surface area contributed by atoms with Crippen molar-refractivity contribution in [2.45, 2.75) is 51.9 Å². The van der Waals surface area contributed by atoms with E-state index >= 15 is 0 Å². The number of anilines is 1. The summed E-state index contributed by atoms with van der Waals surface area (Å²) in [6.45, 7) is 8.47. The highest BCUT2D eigenvalue weighted by Gasteiger charge is 2.48. The highest BCUT2D eigenvalue weighted by Crippen LogP contribution is 2.32. The molecule has 7 nitrogen and oxygen atoms in total. The summed E-state index contributed by atoms with van der Waals surface area (Å²) < 4.78 is 16.8. The van der Waals surface area contributed by atoms with Gasteiger partial charge in [0.05, 0.1) is 23.2 Å². The summed E-state index contributed by atoms with van der Waals surface area (Å²) in [4.78, 5) is 30.4. The largest absolute Gasteiger partial charge is 0.494 e. The predicted molar refractivity (Wildman–Crippen MR) is 139 cm³/mol. The normalized spacial score (nSPS) is 20.2. The molecule has 2 fully saturated rings. The molecule has 2 heterocycles. The third-order valence-electron chi connectivity index (χ3n) is 6.67. The molecule has 0 aliphatic carbocycles. The molecule has 0 spiro atoms.